The SMILES string of the molecule is c1ccc(-n2cnc3cc(-n4c5ccccc5c5ccc6ccccc6c54)ccc32)cc1. The lowest BCUT2D eigenvalue weighted by atomic mass is 10.1. The van der Waals surface area contributed by atoms with Crippen LogP contribution in [0.15, 0.2) is 116 Å². The molecule has 0 bridgehead atoms. The number of hydrogen-bond acceptors (Lipinski definition) is 1. The van der Waals surface area contributed by atoms with Crippen LogP contribution in [-0.2, 0) is 0 Å². The van der Waals surface area contributed by atoms with Crippen LogP contribution in [0.3, 0.4) is 0 Å². The van der Waals surface area contributed by atoms with E-state index in [9.17, 15) is 0 Å². The molecule has 0 aliphatic rings. The summed E-state index contributed by atoms with van der Waals surface area (Å²) in [5.41, 5.74) is 6.78. The van der Waals surface area contributed by atoms with E-state index in [0.717, 1.165) is 22.4 Å². The van der Waals surface area contributed by atoms with Crippen LogP contribution in [0.5, 0.6) is 0 Å². The second-order valence-electron chi connectivity index (χ2n) is 8.16. The van der Waals surface area contributed by atoms with Crippen molar-refractivity contribution in [2.24, 2.45) is 0 Å². The molecule has 7 rings (SSSR count). The number of aromatic nitrogens is 3. The summed E-state index contributed by atoms with van der Waals surface area (Å²) in [6.45, 7) is 0. The second-order valence-corrected chi connectivity index (χ2v) is 8.16. The van der Waals surface area contributed by atoms with Crippen molar-refractivity contribution >= 4 is 43.6 Å². The molecule has 0 radical (unpaired) electrons. The third-order valence-corrected chi connectivity index (χ3v) is 6.38. The van der Waals surface area contributed by atoms with Crippen LogP contribution >= 0.6 is 0 Å². The van der Waals surface area contributed by atoms with Gasteiger partial charge in [0.25, 0.3) is 0 Å². The molecule has 2 heterocycles. The summed E-state index contributed by atoms with van der Waals surface area (Å²) in [5.74, 6) is 0. The van der Waals surface area contributed by atoms with Gasteiger partial charge in [-0.25, -0.2) is 4.98 Å². The first-order valence-electron chi connectivity index (χ1n) is 10.8. The number of imidazole rings is 1. The van der Waals surface area contributed by atoms with E-state index in [2.05, 4.69) is 112 Å². The number of fused-ring (bicyclic) bond motifs is 6. The minimum Gasteiger partial charge on any atom is -0.309 e. The van der Waals surface area contributed by atoms with E-state index in [0.29, 0.717) is 0 Å². The van der Waals surface area contributed by atoms with Crippen molar-refractivity contribution < 1.29 is 0 Å². The van der Waals surface area contributed by atoms with Crippen LogP contribution in [-0.4, -0.2) is 14.1 Å². The topological polar surface area (TPSA) is 22.8 Å². The highest BCUT2D eigenvalue weighted by molar-refractivity contribution is 6.18. The lowest BCUT2D eigenvalue weighted by Gasteiger charge is -2.10. The van der Waals surface area contributed by atoms with E-state index >= 15 is 0 Å². The molecule has 3 heteroatoms. The summed E-state index contributed by atoms with van der Waals surface area (Å²) >= 11 is 0. The Morgan fingerprint density at radius 2 is 1.31 bits per heavy atom. The van der Waals surface area contributed by atoms with E-state index < -0.39 is 0 Å². The van der Waals surface area contributed by atoms with Gasteiger partial charge >= 0.3 is 0 Å². The van der Waals surface area contributed by atoms with Crippen molar-refractivity contribution in [3.63, 3.8) is 0 Å². The number of benzene rings is 5. The normalized spacial score (nSPS) is 11.8. The first kappa shape index (κ1) is 17.3. The Balaban J connectivity index is 1.55. The highest BCUT2D eigenvalue weighted by Gasteiger charge is 2.15. The zero-order chi connectivity index (χ0) is 21.1. The summed E-state index contributed by atoms with van der Waals surface area (Å²) in [4.78, 5) is 4.74. The van der Waals surface area contributed by atoms with E-state index in [1.807, 2.05) is 12.4 Å². The molecule has 0 atom stereocenters. The van der Waals surface area contributed by atoms with E-state index in [1.54, 1.807) is 0 Å². The maximum atomic E-state index is 4.74. The van der Waals surface area contributed by atoms with Gasteiger partial charge in [0, 0.05) is 27.5 Å². The molecule has 2 aromatic heterocycles. The molecule has 0 spiro atoms. The van der Waals surface area contributed by atoms with E-state index in [-0.39, 0.29) is 0 Å². The van der Waals surface area contributed by atoms with Gasteiger partial charge < -0.3 is 4.57 Å². The van der Waals surface area contributed by atoms with Crippen LogP contribution in [0.2, 0.25) is 0 Å². The van der Waals surface area contributed by atoms with Crippen LogP contribution in [0.1, 0.15) is 0 Å². The molecule has 5 aromatic carbocycles. The fourth-order valence-corrected chi connectivity index (χ4v) is 4.93. The summed E-state index contributed by atoms with van der Waals surface area (Å²) in [7, 11) is 0. The van der Waals surface area contributed by atoms with Crippen LogP contribution < -0.4 is 0 Å². The highest BCUT2D eigenvalue weighted by Crippen LogP contribution is 2.37. The summed E-state index contributed by atoms with van der Waals surface area (Å²) in [6.07, 6.45) is 1.91. The average Bonchev–Trinajstić information content (AvgIpc) is 3.43. The number of nitrogens with zero attached hydrogens (tertiary/aromatic N) is 3. The molecule has 0 N–H and O–H groups in total. The lowest BCUT2D eigenvalue weighted by Crippen LogP contribution is -1.95. The van der Waals surface area contributed by atoms with Crippen molar-refractivity contribution in [3.05, 3.63) is 116 Å². The molecule has 0 amide bonds. The average molecular weight is 409 g/mol. The summed E-state index contributed by atoms with van der Waals surface area (Å²) < 4.78 is 4.52. The van der Waals surface area contributed by atoms with Gasteiger partial charge in [0.15, 0.2) is 0 Å². The lowest BCUT2D eigenvalue weighted by molar-refractivity contribution is 1.09. The molecule has 0 saturated heterocycles. The molecule has 0 aliphatic carbocycles. The quantitative estimate of drug-likeness (QED) is 0.294. The molecule has 3 nitrogen and oxygen atoms in total. The van der Waals surface area contributed by atoms with Gasteiger partial charge in [-0.3, -0.25) is 4.57 Å². The van der Waals surface area contributed by atoms with Gasteiger partial charge in [0.05, 0.1) is 22.1 Å². The monoisotopic (exact) mass is 409 g/mol. The van der Waals surface area contributed by atoms with Gasteiger partial charge in [-0.2, -0.15) is 0 Å². The smallest absolute Gasteiger partial charge is 0.100 e. The maximum Gasteiger partial charge on any atom is 0.100 e. The van der Waals surface area contributed by atoms with Gasteiger partial charge in [-0.05, 0) is 41.8 Å². The standard InChI is InChI=1S/C29H19N3/c1-2-9-21(10-3-1)31-19-30-26-18-22(15-17-28(26)31)32-27-13-7-6-12-24(27)25-16-14-20-8-4-5-11-23(20)29(25)32/h1-19H. The Morgan fingerprint density at radius 3 is 2.22 bits per heavy atom. The van der Waals surface area contributed by atoms with Gasteiger partial charge in [0.1, 0.15) is 6.33 Å². The van der Waals surface area contributed by atoms with Crippen molar-refractivity contribution in [1.29, 1.82) is 0 Å². The second kappa shape index (κ2) is 6.56. The molecule has 0 unspecified atom stereocenters. The summed E-state index contributed by atoms with van der Waals surface area (Å²) in [5, 5.41) is 5.05. The molecule has 0 fully saturated rings. The Kier molecular flexibility index (Phi) is 3.55. The maximum absolute atomic E-state index is 4.74. The number of hydrogen-bond donors (Lipinski definition) is 0. The zero-order valence-corrected chi connectivity index (χ0v) is 17.3. The van der Waals surface area contributed by atoms with Crippen LogP contribution in [0.4, 0.5) is 0 Å². The Labute approximate surface area is 184 Å². The van der Waals surface area contributed by atoms with Gasteiger partial charge in [0.2, 0.25) is 0 Å². The van der Waals surface area contributed by atoms with Crippen molar-refractivity contribution in [1.82, 2.24) is 14.1 Å². The number of para-hydroxylation sites is 2. The third-order valence-electron chi connectivity index (χ3n) is 6.38. The minimum atomic E-state index is 0.984. The largest absolute Gasteiger partial charge is 0.309 e. The van der Waals surface area contributed by atoms with Crippen molar-refractivity contribution in [3.8, 4) is 11.4 Å². The number of rotatable bonds is 2. The molecule has 0 aliphatic heterocycles. The van der Waals surface area contributed by atoms with E-state index in [4.69, 9.17) is 4.98 Å². The molecular formula is C29H19N3. The zero-order valence-electron chi connectivity index (χ0n) is 17.3. The van der Waals surface area contributed by atoms with Crippen molar-refractivity contribution in [2.75, 3.05) is 0 Å². The Morgan fingerprint density at radius 1 is 0.531 bits per heavy atom. The third kappa shape index (κ3) is 2.39. The first-order valence-corrected chi connectivity index (χ1v) is 10.8. The van der Waals surface area contributed by atoms with E-state index in [1.165, 1.54) is 32.6 Å². The van der Waals surface area contributed by atoms with Gasteiger partial charge in [-0.15, -0.1) is 0 Å². The Hall–Kier alpha value is -4.37. The first-order chi connectivity index (χ1) is 15.9. The fraction of sp³-hybridized carbons (Fsp3) is 0. The van der Waals surface area contributed by atoms with Crippen LogP contribution in [0.25, 0.3) is 55.0 Å². The molecular weight excluding hydrogens is 390 g/mol. The van der Waals surface area contributed by atoms with Crippen molar-refractivity contribution in [2.45, 2.75) is 0 Å². The molecule has 150 valence electrons. The Bertz CT molecular complexity index is 1770. The van der Waals surface area contributed by atoms with Gasteiger partial charge in [-0.1, -0.05) is 72.8 Å². The molecule has 0 saturated carbocycles. The summed E-state index contributed by atoms with van der Waals surface area (Å²) in [6, 6.07) is 38.7. The highest BCUT2D eigenvalue weighted by atomic mass is 15.1. The minimum absolute atomic E-state index is 0.984. The predicted octanol–water partition coefficient (Wildman–Crippen LogP) is 7.28. The predicted molar refractivity (Wildman–Crippen MR) is 133 cm³/mol. The fourth-order valence-electron chi connectivity index (χ4n) is 4.93. The van der Waals surface area contributed by atoms with Crippen LogP contribution in [0, 0.1) is 0 Å². The molecule has 7 aromatic rings. The molecule has 32 heavy (non-hydrogen) atoms.